The molecule has 23 heavy (non-hydrogen) atoms. The molecule has 4 rings (SSSR count). The van der Waals surface area contributed by atoms with Gasteiger partial charge in [-0.3, -0.25) is 9.59 Å². The van der Waals surface area contributed by atoms with Gasteiger partial charge in [-0.2, -0.15) is 0 Å². The molecule has 4 nitrogen and oxygen atoms in total. The van der Waals surface area contributed by atoms with Crippen molar-refractivity contribution in [1.29, 1.82) is 0 Å². The van der Waals surface area contributed by atoms with Crippen LogP contribution in [-0.4, -0.2) is 17.4 Å². The summed E-state index contributed by atoms with van der Waals surface area (Å²) in [6.45, 7) is 0. The fraction of sp³-hybridized carbons (Fsp3) is 0.579. The highest BCUT2D eigenvalue weighted by atomic mass is 16.2. The Labute approximate surface area is 136 Å². The summed E-state index contributed by atoms with van der Waals surface area (Å²) in [4.78, 5) is 24.7. The molecule has 0 unspecified atom stereocenters. The van der Waals surface area contributed by atoms with E-state index in [2.05, 4.69) is 29.6 Å². The quantitative estimate of drug-likeness (QED) is 0.898. The van der Waals surface area contributed by atoms with Gasteiger partial charge in [-0.25, -0.2) is 0 Å². The number of carbonyl (C=O) groups excluding carboxylic acids is 2. The van der Waals surface area contributed by atoms with Crippen LogP contribution < -0.4 is 11.1 Å². The van der Waals surface area contributed by atoms with Crippen LogP contribution in [0.1, 0.15) is 56.1 Å². The van der Waals surface area contributed by atoms with E-state index in [9.17, 15) is 9.59 Å². The minimum Gasteiger partial charge on any atom is -0.368 e. The lowest BCUT2D eigenvalue weighted by Gasteiger charge is -2.29. The first kappa shape index (κ1) is 14.7. The second-order valence-corrected chi connectivity index (χ2v) is 7.57. The number of nitrogens with two attached hydrogens (primary N) is 1. The van der Waals surface area contributed by atoms with Crippen LogP contribution in [0.5, 0.6) is 0 Å². The van der Waals surface area contributed by atoms with Gasteiger partial charge in [0.05, 0.1) is 0 Å². The summed E-state index contributed by atoms with van der Waals surface area (Å²) in [6, 6.07) is 8.52. The van der Waals surface area contributed by atoms with E-state index in [-0.39, 0.29) is 23.1 Å². The predicted octanol–water partition coefficient (Wildman–Crippen LogP) is 2.19. The normalized spacial score (nSPS) is 30.7. The first-order valence-electron chi connectivity index (χ1n) is 8.78. The molecular formula is C19H24N2O2. The van der Waals surface area contributed by atoms with Gasteiger partial charge in [-0.1, -0.05) is 37.1 Å². The highest BCUT2D eigenvalue weighted by molar-refractivity contribution is 5.93. The predicted molar refractivity (Wildman–Crippen MR) is 87.7 cm³/mol. The summed E-state index contributed by atoms with van der Waals surface area (Å²) in [6.07, 6.45) is 7.52. The molecule has 0 radical (unpaired) electrons. The summed E-state index contributed by atoms with van der Waals surface area (Å²) < 4.78 is 0. The van der Waals surface area contributed by atoms with E-state index < -0.39 is 5.54 Å². The number of primary amides is 1. The molecule has 2 saturated carbocycles. The second kappa shape index (κ2) is 5.08. The summed E-state index contributed by atoms with van der Waals surface area (Å²) in [5.74, 6) is -0.342. The van der Waals surface area contributed by atoms with Gasteiger partial charge in [0.15, 0.2) is 0 Å². The Morgan fingerprint density at radius 2 is 1.83 bits per heavy atom. The molecule has 122 valence electrons. The summed E-state index contributed by atoms with van der Waals surface area (Å²) in [5.41, 5.74) is 7.55. The van der Waals surface area contributed by atoms with Crippen LogP contribution in [0.4, 0.5) is 0 Å². The summed E-state index contributed by atoms with van der Waals surface area (Å²) >= 11 is 0. The lowest BCUT2D eigenvalue weighted by atomic mass is 9.78. The minimum absolute atomic E-state index is 0.000718. The molecule has 1 aromatic rings. The number of hydrogen-bond acceptors (Lipinski definition) is 2. The Bertz CT molecular complexity index is 663. The van der Waals surface area contributed by atoms with Crippen LogP contribution in [0.15, 0.2) is 24.3 Å². The van der Waals surface area contributed by atoms with Gasteiger partial charge >= 0.3 is 0 Å². The topological polar surface area (TPSA) is 72.2 Å². The lowest BCUT2D eigenvalue weighted by molar-refractivity contribution is -0.132. The minimum atomic E-state index is -0.797. The number of nitrogens with one attached hydrogen (secondary N) is 1. The number of hydrogen-bond donors (Lipinski definition) is 2. The zero-order valence-corrected chi connectivity index (χ0v) is 13.4. The Morgan fingerprint density at radius 3 is 2.57 bits per heavy atom. The first-order valence-corrected chi connectivity index (χ1v) is 8.78. The van der Waals surface area contributed by atoms with Crippen LogP contribution >= 0.6 is 0 Å². The Hall–Kier alpha value is -1.84. The van der Waals surface area contributed by atoms with Crippen molar-refractivity contribution in [3.8, 4) is 0 Å². The third-order valence-corrected chi connectivity index (χ3v) is 6.31. The van der Waals surface area contributed by atoms with Gasteiger partial charge in [-0.05, 0) is 49.7 Å². The summed E-state index contributed by atoms with van der Waals surface area (Å²) in [7, 11) is 0. The molecule has 1 spiro atoms. The third kappa shape index (κ3) is 2.19. The van der Waals surface area contributed by atoms with Crippen molar-refractivity contribution in [3.05, 3.63) is 35.4 Å². The fourth-order valence-electron chi connectivity index (χ4n) is 4.91. The number of carbonyl (C=O) groups is 2. The van der Waals surface area contributed by atoms with Gasteiger partial charge in [0.2, 0.25) is 11.8 Å². The number of rotatable bonds is 3. The van der Waals surface area contributed by atoms with Gasteiger partial charge in [-0.15, -0.1) is 0 Å². The molecule has 2 amide bonds. The maximum Gasteiger partial charge on any atom is 0.243 e. The Kier molecular flexibility index (Phi) is 3.26. The molecule has 3 aliphatic carbocycles. The van der Waals surface area contributed by atoms with Crippen molar-refractivity contribution in [2.45, 2.75) is 62.3 Å². The lowest BCUT2D eigenvalue weighted by Crippen LogP contribution is -2.56. The monoisotopic (exact) mass is 312 g/mol. The van der Waals surface area contributed by atoms with Crippen molar-refractivity contribution in [3.63, 3.8) is 0 Å². The van der Waals surface area contributed by atoms with Crippen LogP contribution in [0.2, 0.25) is 0 Å². The molecule has 3 aliphatic rings. The first-order chi connectivity index (χ1) is 11.1. The van der Waals surface area contributed by atoms with Crippen molar-refractivity contribution < 1.29 is 9.59 Å². The van der Waals surface area contributed by atoms with Crippen LogP contribution in [0.3, 0.4) is 0 Å². The van der Waals surface area contributed by atoms with Gasteiger partial charge in [0, 0.05) is 11.3 Å². The number of fused-ring (bicyclic) bond motifs is 2. The smallest absolute Gasteiger partial charge is 0.243 e. The molecule has 0 saturated heterocycles. The molecule has 2 fully saturated rings. The molecule has 0 aliphatic heterocycles. The molecular weight excluding hydrogens is 288 g/mol. The van der Waals surface area contributed by atoms with E-state index in [1.54, 1.807) is 0 Å². The highest BCUT2D eigenvalue weighted by Crippen LogP contribution is 2.60. The number of aryl methyl sites for hydroxylation is 1. The van der Waals surface area contributed by atoms with Crippen molar-refractivity contribution in [1.82, 2.24) is 5.32 Å². The van der Waals surface area contributed by atoms with Crippen molar-refractivity contribution in [2.75, 3.05) is 0 Å². The zero-order chi connectivity index (χ0) is 16.1. The SMILES string of the molecule is NC(=O)C1(NC(=O)[C@@H]2C[C@]23CCCc2ccccc23)CCCC1. The van der Waals surface area contributed by atoms with Crippen LogP contribution in [0.25, 0.3) is 0 Å². The van der Waals surface area contributed by atoms with Gasteiger partial charge < -0.3 is 11.1 Å². The number of amides is 2. The standard InChI is InChI=1S/C19H24N2O2/c20-17(23)19(10-3-4-11-19)21-16(22)15-12-18(15)9-5-7-13-6-1-2-8-14(13)18/h1-2,6,8,15H,3-5,7,9-12H2,(H2,20,23)(H,21,22)/t15-,18-/m0/s1. The molecule has 0 bridgehead atoms. The average molecular weight is 312 g/mol. The van der Waals surface area contributed by atoms with E-state index >= 15 is 0 Å². The van der Waals surface area contributed by atoms with Gasteiger partial charge in [0.25, 0.3) is 0 Å². The summed E-state index contributed by atoms with van der Waals surface area (Å²) in [5, 5.41) is 3.04. The van der Waals surface area contributed by atoms with E-state index in [1.807, 2.05) is 0 Å². The molecule has 2 atom stereocenters. The fourth-order valence-corrected chi connectivity index (χ4v) is 4.91. The molecule has 3 N–H and O–H groups in total. The van der Waals surface area contributed by atoms with E-state index in [4.69, 9.17) is 5.73 Å². The molecule has 1 aromatic carbocycles. The van der Waals surface area contributed by atoms with Crippen molar-refractivity contribution in [2.24, 2.45) is 11.7 Å². The van der Waals surface area contributed by atoms with E-state index in [0.29, 0.717) is 12.8 Å². The Morgan fingerprint density at radius 1 is 1.09 bits per heavy atom. The van der Waals surface area contributed by atoms with Crippen LogP contribution in [-0.2, 0) is 21.4 Å². The number of benzene rings is 1. The molecule has 0 aromatic heterocycles. The largest absolute Gasteiger partial charge is 0.368 e. The second-order valence-electron chi connectivity index (χ2n) is 7.57. The van der Waals surface area contributed by atoms with Crippen LogP contribution in [0, 0.1) is 5.92 Å². The van der Waals surface area contributed by atoms with E-state index in [1.165, 1.54) is 11.1 Å². The molecule has 4 heteroatoms. The van der Waals surface area contributed by atoms with Gasteiger partial charge in [0.1, 0.15) is 5.54 Å². The maximum atomic E-state index is 12.8. The van der Waals surface area contributed by atoms with E-state index in [0.717, 1.165) is 38.5 Å². The zero-order valence-electron chi connectivity index (χ0n) is 13.4. The highest BCUT2D eigenvalue weighted by Gasteiger charge is 2.61. The van der Waals surface area contributed by atoms with Crippen molar-refractivity contribution >= 4 is 11.8 Å². The average Bonchev–Trinajstić information content (AvgIpc) is 3.05. The Balaban J connectivity index is 1.55. The third-order valence-electron chi connectivity index (χ3n) is 6.31. The molecule has 0 heterocycles. The maximum absolute atomic E-state index is 12.8.